The fraction of sp³-hybridized carbons (Fsp3) is 0.304. The van der Waals surface area contributed by atoms with Gasteiger partial charge in [0.05, 0.1) is 6.10 Å². The fourth-order valence-corrected chi connectivity index (χ4v) is 2.81. The van der Waals surface area contributed by atoms with Gasteiger partial charge in [-0.25, -0.2) is 4.98 Å². The van der Waals surface area contributed by atoms with E-state index in [-0.39, 0.29) is 24.5 Å². The minimum atomic E-state index is -4.62. The van der Waals surface area contributed by atoms with Crippen molar-refractivity contribution >= 4 is 11.5 Å². The number of alkyl halides is 3. The van der Waals surface area contributed by atoms with Gasteiger partial charge >= 0.3 is 12.2 Å². The van der Waals surface area contributed by atoms with Crippen molar-refractivity contribution in [1.29, 1.82) is 0 Å². The summed E-state index contributed by atoms with van der Waals surface area (Å²) in [6.07, 6.45) is -3.07. The maximum Gasteiger partial charge on any atom is 0.421 e. The van der Waals surface area contributed by atoms with Crippen LogP contribution >= 0.6 is 0 Å². The molecule has 0 amide bonds. The normalized spacial score (nSPS) is 12.3. The lowest BCUT2D eigenvalue weighted by Crippen LogP contribution is -2.19. The highest BCUT2D eigenvalue weighted by Crippen LogP contribution is 2.38. The minimum absolute atomic E-state index is 0.0108. The first-order chi connectivity index (χ1) is 14.8. The minimum Gasteiger partial charge on any atom is -0.491 e. The number of halogens is 3. The van der Waals surface area contributed by atoms with Crippen LogP contribution < -0.4 is 14.4 Å². The molecule has 0 fully saturated rings. The lowest BCUT2D eigenvalue weighted by Gasteiger charge is -2.23. The topological polar surface area (TPSA) is 47.5 Å². The quantitative estimate of drug-likeness (QED) is 0.437. The van der Waals surface area contributed by atoms with E-state index in [4.69, 9.17) is 9.47 Å². The third-order valence-corrected chi connectivity index (χ3v) is 4.70. The molecule has 1 aromatic heterocycles. The Kier molecular flexibility index (Phi) is 6.99. The molecule has 3 aromatic rings. The second-order valence-corrected chi connectivity index (χ2v) is 7.05. The SMILES string of the molecule is CCC(C)Oc1cccc(N(C)c2nc(OCc3ccccc3)ncc2C(F)(F)F)c1. The number of nitrogens with zero attached hydrogens (tertiary/aromatic N) is 3. The Morgan fingerprint density at radius 3 is 2.48 bits per heavy atom. The van der Waals surface area contributed by atoms with Crippen molar-refractivity contribution in [3.63, 3.8) is 0 Å². The van der Waals surface area contributed by atoms with Crippen LogP contribution in [-0.2, 0) is 12.8 Å². The number of aromatic nitrogens is 2. The summed E-state index contributed by atoms with van der Waals surface area (Å²) >= 11 is 0. The zero-order chi connectivity index (χ0) is 22.4. The number of hydrogen-bond acceptors (Lipinski definition) is 5. The van der Waals surface area contributed by atoms with Crippen LogP contribution in [0.3, 0.4) is 0 Å². The van der Waals surface area contributed by atoms with Crippen LogP contribution in [0.5, 0.6) is 11.8 Å². The van der Waals surface area contributed by atoms with Crippen LogP contribution in [0.25, 0.3) is 0 Å². The van der Waals surface area contributed by atoms with Crippen molar-refractivity contribution in [3.05, 3.63) is 71.9 Å². The molecule has 3 rings (SSSR count). The molecule has 0 aliphatic heterocycles. The van der Waals surface area contributed by atoms with Gasteiger partial charge in [0, 0.05) is 25.0 Å². The van der Waals surface area contributed by atoms with E-state index in [1.165, 1.54) is 11.9 Å². The van der Waals surface area contributed by atoms with Gasteiger partial charge in [-0.05, 0) is 31.0 Å². The van der Waals surface area contributed by atoms with Gasteiger partial charge in [0.2, 0.25) is 0 Å². The van der Waals surface area contributed by atoms with Crippen LogP contribution in [0.4, 0.5) is 24.7 Å². The standard InChI is InChI=1S/C23H24F3N3O2/c1-4-16(2)31-19-12-8-11-18(13-19)29(3)21-20(23(24,25)26)14-27-22(28-21)30-15-17-9-6-5-7-10-17/h5-14,16H,4,15H2,1-3H3. The third-order valence-electron chi connectivity index (χ3n) is 4.70. The maximum absolute atomic E-state index is 13.6. The number of benzene rings is 2. The number of hydrogen-bond donors (Lipinski definition) is 0. The molecular formula is C23H24F3N3O2. The summed E-state index contributed by atoms with van der Waals surface area (Å²) in [7, 11) is 1.51. The molecule has 0 bridgehead atoms. The van der Waals surface area contributed by atoms with E-state index in [1.807, 2.05) is 44.2 Å². The zero-order valence-corrected chi connectivity index (χ0v) is 17.6. The molecule has 2 aromatic carbocycles. The molecule has 31 heavy (non-hydrogen) atoms. The summed E-state index contributed by atoms with van der Waals surface area (Å²) in [6.45, 7) is 4.07. The van der Waals surface area contributed by atoms with Gasteiger partial charge in [-0.15, -0.1) is 0 Å². The molecule has 0 aliphatic rings. The van der Waals surface area contributed by atoms with E-state index in [0.717, 1.165) is 18.2 Å². The van der Waals surface area contributed by atoms with E-state index in [2.05, 4.69) is 9.97 Å². The Morgan fingerprint density at radius 2 is 1.81 bits per heavy atom. The predicted octanol–water partition coefficient (Wildman–Crippen LogP) is 6.02. The molecule has 0 aliphatic carbocycles. The first kappa shape index (κ1) is 22.4. The molecule has 1 atom stereocenters. The number of rotatable bonds is 8. The van der Waals surface area contributed by atoms with Gasteiger partial charge < -0.3 is 14.4 Å². The fourth-order valence-electron chi connectivity index (χ4n) is 2.81. The molecular weight excluding hydrogens is 407 g/mol. The van der Waals surface area contributed by atoms with Crippen LogP contribution in [0, 0.1) is 0 Å². The van der Waals surface area contributed by atoms with Crippen molar-refractivity contribution in [3.8, 4) is 11.8 Å². The second-order valence-electron chi connectivity index (χ2n) is 7.05. The lowest BCUT2D eigenvalue weighted by atomic mass is 10.2. The van der Waals surface area contributed by atoms with Gasteiger partial charge in [-0.1, -0.05) is 43.3 Å². The highest BCUT2D eigenvalue weighted by Gasteiger charge is 2.36. The van der Waals surface area contributed by atoms with Gasteiger partial charge in [-0.3, -0.25) is 0 Å². The Balaban J connectivity index is 1.90. The Hall–Kier alpha value is -3.29. The van der Waals surface area contributed by atoms with Crippen molar-refractivity contribution < 1.29 is 22.6 Å². The van der Waals surface area contributed by atoms with E-state index < -0.39 is 11.7 Å². The second kappa shape index (κ2) is 9.68. The zero-order valence-electron chi connectivity index (χ0n) is 17.6. The third kappa shape index (κ3) is 5.87. The van der Waals surface area contributed by atoms with Crippen molar-refractivity contribution in [2.24, 2.45) is 0 Å². The molecule has 0 saturated heterocycles. The average Bonchev–Trinajstić information content (AvgIpc) is 2.77. The molecule has 0 spiro atoms. The van der Waals surface area contributed by atoms with Crippen molar-refractivity contribution in [2.45, 2.75) is 39.2 Å². The Morgan fingerprint density at radius 1 is 1.06 bits per heavy atom. The summed E-state index contributed by atoms with van der Waals surface area (Å²) in [4.78, 5) is 9.18. The maximum atomic E-state index is 13.6. The van der Waals surface area contributed by atoms with Gasteiger partial charge in [-0.2, -0.15) is 18.2 Å². The van der Waals surface area contributed by atoms with Crippen LogP contribution in [0.15, 0.2) is 60.8 Å². The molecule has 0 saturated carbocycles. The average molecular weight is 431 g/mol. The molecule has 1 unspecified atom stereocenters. The van der Waals surface area contributed by atoms with Crippen LogP contribution in [-0.4, -0.2) is 23.1 Å². The molecule has 0 N–H and O–H groups in total. The summed E-state index contributed by atoms with van der Waals surface area (Å²) in [5.74, 6) is 0.271. The summed E-state index contributed by atoms with van der Waals surface area (Å²) in [6, 6.07) is 16.0. The van der Waals surface area contributed by atoms with Crippen LogP contribution in [0.2, 0.25) is 0 Å². The van der Waals surface area contributed by atoms with E-state index in [9.17, 15) is 13.2 Å². The number of anilines is 2. The largest absolute Gasteiger partial charge is 0.491 e. The van der Waals surface area contributed by atoms with Crippen LogP contribution in [0.1, 0.15) is 31.4 Å². The summed E-state index contributed by atoms with van der Waals surface area (Å²) in [5, 5.41) is 0. The van der Waals surface area contributed by atoms with Gasteiger partial charge in [0.1, 0.15) is 17.9 Å². The Labute approximate surface area is 179 Å². The summed E-state index contributed by atoms with van der Waals surface area (Å²) in [5.41, 5.74) is 0.408. The monoisotopic (exact) mass is 431 g/mol. The molecule has 5 nitrogen and oxygen atoms in total. The summed E-state index contributed by atoms with van der Waals surface area (Å²) < 4.78 is 52.2. The van der Waals surface area contributed by atoms with E-state index >= 15 is 0 Å². The molecule has 8 heteroatoms. The van der Waals surface area contributed by atoms with E-state index in [1.54, 1.807) is 24.3 Å². The Bertz CT molecular complexity index is 997. The molecule has 0 radical (unpaired) electrons. The van der Waals surface area contributed by atoms with E-state index in [0.29, 0.717) is 11.4 Å². The molecule has 164 valence electrons. The lowest BCUT2D eigenvalue weighted by molar-refractivity contribution is -0.137. The number of ether oxygens (including phenoxy) is 2. The first-order valence-corrected chi connectivity index (χ1v) is 9.89. The van der Waals surface area contributed by atoms with Crippen molar-refractivity contribution in [2.75, 3.05) is 11.9 Å². The highest BCUT2D eigenvalue weighted by molar-refractivity contribution is 5.64. The smallest absolute Gasteiger partial charge is 0.421 e. The predicted molar refractivity (Wildman–Crippen MR) is 113 cm³/mol. The van der Waals surface area contributed by atoms with Gasteiger partial charge in [0.15, 0.2) is 5.82 Å². The highest BCUT2D eigenvalue weighted by atomic mass is 19.4. The first-order valence-electron chi connectivity index (χ1n) is 9.89. The molecule has 1 heterocycles. The van der Waals surface area contributed by atoms with Crippen molar-refractivity contribution in [1.82, 2.24) is 9.97 Å². The van der Waals surface area contributed by atoms with Gasteiger partial charge in [0.25, 0.3) is 0 Å².